The van der Waals surface area contributed by atoms with Crippen molar-refractivity contribution in [1.82, 2.24) is 0 Å². The highest BCUT2D eigenvalue weighted by Gasteiger charge is 2.11. The van der Waals surface area contributed by atoms with Crippen molar-refractivity contribution in [2.75, 3.05) is 7.05 Å². The van der Waals surface area contributed by atoms with Crippen LogP contribution in [-0.4, -0.2) is 12.8 Å². The first-order valence-corrected chi connectivity index (χ1v) is 5.07. The Morgan fingerprint density at radius 1 is 0.933 bits per heavy atom. The molecule has 0 atom stereocenters. The zero-order valence-corrected chi connectivity index (χ0v) is 8.57. The summed E-state index contributed by atoms with van der Waals surface area (Å²) in [6.07, 6.45) is 4.22. The van der Waals surface area contributed by atoms with Gasteiger partial charge < -0.3 is 0 Å². The highest BCUT2D eigenvalue weighted by Crippen LogP contribution is 2.28. The van der Waals surface area contributed by atoms with Crippen molar-refractivity contribution >= 4 is 22.6 Å². The van der Waals surface area contributed by atoms with Gasteiger partial charge >= 0.3 is 0 Å². The summed E-state index contributed by atoms with van der Waals surface area (Å²) in [4.78, 5) is 4.30. The zero-order valence-electron chi connectivity index (χ0n) is 8.57. The standard InChI is InChI=1S/C14H11N/c1-15-13-9-8-11-5-2-4-10-6-3-7-12(13)14(10)11/h2-9H,1H3. The van der Waals surface area contributed by atoms with Crippen LogP contribution in [0.1, 0.15) is 11.1 Å². The number of allylic oxidation sites excluding steroid dienone is 1. The molecule has 0 amide bonds. The smallest absolute Gasteiger partial charge is 0.0649 e. The van der Waals surface area contributed by atoms with Gasteiger partial charge in [0.2, 0.25) is 0 Å². The number of rotatable bonds is 0. The molecule has 2 aromatic rings. The molecule has 0 spiro atoms. The van der Waals surface area contributed by atoms with Crippen molar-refractivity contribution in [3.8, 4) is 0 Å². The minimum atomic E-state index is 1.07. The molecular formula is C14H11N. The molecule has 0 aliphatic heterocycles. The molecule has 3 rings (SSSR count). The number of aliphatic imine (C=N–C) groups is 1. The minimum absolute atomic E-state index is 1.07. The third-order valence-corrected chi connectivity index (χ3v) is 2.87. The summed E-state index contributed by atoms with van der Waals surface area (Å²) in [6, 6.07) is 12.8. The summed E-state index contributed by atoms with van der Waals surface area (Å²) in [5, 5.41) is 2.61. The normalized spacial score (nSPS) is 16.2. The Morgan fingerprint density at radius 2 is 1.73 bits per heavy atom. The second-order valence-electron chi connectivity index (χ2n) is 3.69. The topological polar surface area (TPSA) is 12.4 Å². The van der Waals surface area contributed by atoms with Crippen molar-refractivity contribution < 1.29 is 0 Å². The Bertz CT molecular complexity index is 586. The number of benzene rings is 2. The van der Waals surface area contributed by atoms with Crippen LogP contribution in [0.4, 0.5) is 0 Å². The molecule has 0 heterocycles. The van der Waals surface area contributed by atoms with E-state index in [-0.39, 0.29) is 0 Å². The minimum Gasteiger partial charge on any atom is -0.288 e. The molecule has 0 saturated heterocycles. The van der Waals surface area contributed by atoms with E-state index in [4.69, 9.17) is 0 Å². The first-order valence-electron chi connectivity index (χ1n) is 5.07. The molecule has 0 saturated carbocycles. The SMILES string of the molecule is CN=C1C=Cc2cccc3cccc1c23. The highest BCUT2D eigenvalue weighted by molar-refractivity contribution is 6.22. The molecule has 0 fully saturated rings. The lowest BCUT2D eigenvalue weighted by Crippen LogP contribution is -2.02. The summed E-state index contributed by atoms with van der Waals surface area (Å²) in [5.41, 5.74) is 3.60. The Balaban J connectivity index is 2.52. The maximum atomic E-state index is 4.30. The van der Waals surface area contributed by atoms with Crippen LogP contribution in [0.25, 0.3) is 16.8 Å². The van der Waals surface area contributed by atoms with Gasteiger partial charge in [-0.15, -0.1) is 0 Å². The van der Waals surface area contributed by atoms with E-state index in [0.717, 1.165) is 5.71 Å². The third kappa shape index (κ3) is 1.13. The molecule has 1 aliphatic carbocycles. The van der Waals surface area contributed by atoms with Crippen LogP contribution in [0.5, 0.6) is 0 Å². The molecule has 0 unspecified atom stereocenters. The van der Waals surface area contributed by atoms with Crippen molar-refractivity contribution in [3.05, 3.63) is 53.6 Å². The molecule has 0 bridgehead atoms. The van der Waals surface area contributed by atoms with Crippen LogP contribution in [0.15, 0.2) is 47.5 Å². The maximum absolute atomic E-state index is 4.30. The zero-order chi connectivity index (χ0) is 10.3. The van der Waals surface area contributed by atoms with E-state index < -0.39 is 0 Å². The second-order valence-corrected chi connectivity index (χ2v) is 3.69. The molecular weight excluding hydrogens is 182 g/mol. The van der Waals surface area contributed by atoms with Crippen LogP contribution in [0, 0.1) is 0 Å². The predicted molar refractivity (Wildman–Crippen MR) is 65.4 cm³/mol. The Morgan fingerprint density at radius 3 is 2.53 bits per heavy atom. The fourth-order valence-electron chi connectivity index (χ4n) is 2.18. The number of nitrogens with zero attached hydrogens (tertiary/aromatic N) is 1. The van der Waals surface area contributed by atoms with Crippen LogP contribution in [0.3, 0.4) is 0 Å². The molecule has 0 N–H and O–H groups in total. The molecule has 2 aromatic carbocycles. The van der Waals surface area contributed by atoms with Gasteiger partial charge in [0.1, 0.15) is 0 Å². The first-order chi connectivity index (χ1) is 7.40. The number of hydrogen-bond donors (Lipinski definition) is 0. The Kier molecular flexibility index (Phi) is 1.72. The van der Waals surface area contributed by atoms with E-state index in [0.29, 0.717) is 0 Å². The Labute approximate surface area is 88.8 Å². The van der Waals surface area contributed by atoms with Gasteiger partial charge in [0.05, 0.1) is 5.71 Å². The summed E-state index contributed by atoms with van der Waals surface area (Å²) in [5.74, 6) is 0. The second kappa shape index (κ2) is 3.06. The van der Waals surface area contributed by atoms with Crippen molar-refractivity contribution in [2.24, 2.45) is 4.99 Å². The maximum Gasteiger partial charge on any atom is 0.0649 e. The fraction of sp³-hybridized carbons (Fsp3) is 0.0714. The van der Waals surface area contributed by atoms with E-state index in [1.54, 1.807) is 0 Å². The van der Waals surface area contributed by atoms with Crippen molar-refractivity contribution in [1.29, 1.82) is 0 Å². The van der Waals surface area contributed by atoms with Gasteiger partial charge in [-0.2, -0.15) is 0 Å². The van der Waals surface area contributed by atoms with Gasteiger partial charge in [-0.3, -0.25) is 4.99 Å². The number of hydrogen-bond acceptors (Lipinski definition) is 1. The third-order valence-electron chi connectivity index (χ3n) is 2.87. The quantitative estimate of drug-likeness (QED) is 0.608. The van der Waals surface area contributed by atoms with Gasteiger partial charge in [0.25, 0.3) is 0 Å². The summed E-state index contributed by atoms with van der Waals surface area (Å²) >= 11 is 0. The van der Waals surface area contributed by atoms with Gasteiger partial charge in [-0.1, -0.05) is 42.5 Å². The van der Waals surface area contributed by atoms with Crippen LogP contribution < -0.4 is 0 Å². The van der Waals surface area contributed by atoms with E-state index in [1.165, 1.54) is 21.9 Å². The lowest BCUT2D eigenvalue weighted by Gasteiger charge is -2.13. The molecule has 0 radical (unpaired) electrons. The highest BCUT2D eigenvalue weighted by atomic mass is 14.7. The lowest BCUT2D eigenvalue weighted by atomic mass is 9.92. The monoisotopic (exact) mass is 193 g/mol. The Hall–Kier alpha value is -1.89. The van der Waals surface area contributed by atoms with Crippen molar-refractivity contribution in [3.63, 3.8) is 0 Å². The molecule has 0 aromatic heterocycles. The van der Waals surface area contributed by atoms with Gasteiger partial charge in [-0.25, -0.2) is 0 Å². The molecule has 15 heavy (non-hydrogen) atoms. The van der Waals surface area contributed by atoms with Gasteiger partial charge in [0, 0.05) is 12.6 Å². The summed E-state index contributed by atoms with van der Waals surface area (Å²) < 4.78 is 0. The van der Waals surface area contributed by atoms with E-state index >= 15 is 0 Å². The van der Waals surface area contributed by atoms with E-state index in [9.17, 15) is 0 Å². The first kappa shape index (κ1) is 8.42. The predicted octanol–water partition coefficient (Wildman–Crippen LogP) is 3.29. The molecule has 1 heteroatoms. The van der Waals surface area contributed by atoms with Gasteiger partial charge in [-0.05, 0) is 22.4 Å². The molecule has 1 aliphatic rings. The lowest BCUT2D eigenvalue weighted by molar-refractivity contribution is 1.44. The average Bonchev–Trinajstić information content (AvgIpc) is 2.30. The average molecular weight is 193 g/mol. The molecule has 1 nitrogen and oxygen atoms in total. The van der Waals surface area contributed by atoms with Gasteiger partial charge in [0.15, 0.2) is 0 Å². The summed E-state index contributed by atoms with van der Waals surface area (Å²) in [7, 11) is 1.84. The van der Waals surface area contributed by atoms with E-state index in [1.807, 2.05) is 7.05 Å². The van der Waals surface area contributed by atoms with Crippen LogP contribution in [-0.2, 0) is 0 Å². The van der Waals surface area contributed by atoms with Crippen LogP contribution >= 0.6 is 0 Å². The van der Waals surface area contributed by atoms with Crippen molar-refractivity contribution in [2.45, 2.75) is 0 Å². The van der Waals surface area contributed by atoms with Crippen LogP contribution in [0.2, 0.25) is 0 Å². The summed E-state index contributed by atoms with van der Waals surface area (Å²) in [6.45, 7) is 0. The molecule has 72 valence electrons. The van der Waals surface area contributed by atoms with E-state index in [2.05, 4.69) is 53.5 Å². The largest absolute Gasteiger partial charge is 0.288 e. The fourth-order valence-corrected chi connectivity index (χ4v) is 2.18.